The number of allylic oxidation sites excluding steroid dienone is 11. The zero-order valence-electron chi connectivity index (χ0n) is 57.0. The van der Waals surface area contributed by atoms with Gasteiger partial charge in [0.05, 0.1) is 25.4 Å². The first-order chi connectivity index (χ1) is 42.8. The van der Waals surface area contributed by atoms with E-state index >= 15 is 0 Å². The molecule has 1 saturated heterocycles. The maximum atomic E-state index is 13.1. The summed E-state index contributed by atoms with van der Waals surface area (Å²) in [4.78, 5) is 13.1. The third kappa shape index (κ3) is 55.0. The van der Waals surface area contributed by atoms with Gasteiger partial charge in [-0.1, -0.05) is 344 Å². The van der Waals surface area contributed by atoms with Crippen LogP contribution in [0.25, 0.3) is 0 Å². The Labute approximate surface area is 538 Å². The molecule has 9 nitrogen and oxygen atoms in total. The van der Waals surface area contributed by atoms with Gasteiger partial charge in [0.2, 0.25) is 5.91 Å². The number of rotatable bonds is 66. The number of hydrogen-bond donors (Lipinski definition) is 6. The molecule has 0 radical (unpaired) electrons. The van der Waals surface area contributed by atoms with Crippen LogP contribution in [0.2, 0.25) is 0 Å². The number of hydrogen-bond acceptors (Lipinski definition) is 8. The van der Waals surface area contributed by atoms with Gasteiger partial charge in [-0.3, -0.25) is 4.79 Å². The van der Waals surface area contributed by atoms with Crippen LogP contribution in [0, 0.1) is 0 Å². The topological polar surface area (TPSA) is 149 Å². The average molecular weight is 1220 g/mol. The number of ether oxygens (including phenoxy) is 2. The van der Waals surface area contributed by atoms with Gasteiger partial charge < -0.3 is 40.3 Å². The number of unbranched alkanes of at least 4 members (excludes halogenated alkanes) is 46. The lowest BCUT2D eigenvalue weighted by atomic mass is 9.99. The number of carbonyl (C=O) groups excluding carboxylic acids is 1. The smallest absolute Gasteiger partial charge is 0.220 e. The molecule has 1 rings (SSSR count). The minimum Gasteiger partial charge on any atom is -0.394 e. The predicted octanol–water partition coefficient (Wildman–Crippen LogP) is 21.1. The van der Waals surface area contributed by atoms with Crippen LogP contribution in [0.4, 0.5) is 0 Å². The first-order valence-corrected chi connectivity index (χ1v) is 37.7. The molecule has 0 saturated carbocycles. The van der Waals surface area contributed by atoms with Gasteiger partial charge in [0, 0.05) is 6.42 Å². The monoisotopic (exact) mass is 1220 g/mol. The van der Waals surface area contributed by atoms with Crippen molar-refractivity contribution in [1.82, 2.24) is 5.32 Å². The lowest BCUT2D eigenvalue weighted by Gasteiger charge is -2.40. The molecular formula is C78H143NO8. The highest BCUT2D eigenvalue weighted by Crippen LogP contribution is 2.23. The van der Waals surface area contributed by atoms with Crippen molar-refractivity contribution in [1.29, 1.82) is 0 Å². The van der Waals surface area contributed by atoms with Gasteiger partial charge in [0.15, 0.2) is 6.29 Å². The van der Waals surface area contributed by atoms with Crippen molar-refractivity contribution in [3.8, 4) is 0 Å². The van der Waals surface area contributed by atoms with Crippen LogP contribution < -0.4 is 5.32 Å². The summed E-state index contributed by atoms with van der Waals surface area (Å²) in [7, 11) is 0. The second-order valence-electron chi connectivity index (χ2n) is 26.1. The molecule has 0 aromatic rings. The van der Waals surface area contributed by atoms with Gasteiger partial charge in [-0.05, 0) is 83.5 Å². The largest absolute Gasteiger partial charge is 0.394 e. The Bertz CT molecular complexity index is 1610. The van der Waals surface area contributed by atoms with Crippen LogP contribution in [0.1, 0.15) is 361 Å². The van der Waals surface area contributed by atoms with Crippen molar-refractivity contribution in [2.75, 3.05) is 13.2 Å². The number of aliphatic hydroxyl groups excluding tert-OH is 5. The summed E-state index contributed by atoms with van der Waals surface area (Å²) in [6.07, 6.45) is 87.5. The quantitative estimate of drug-likeness (QED) is 0.0261. The highest BCUT2D eigenvalue weighted by atomic mass is 16.7. The molecule has 508 valence electrons. The zero-order chi connectivity index (χ0) is 62.8. The zero-order valence-corrected chi connectivity index (χ0v) is 57.0. The van der Waals surface area contributed by atoms with E-state index in [0.717, 1.165) is 57.8 Å². The van der Waals surface area contributed by atoms with Crippen molar-refractivity contribution >= 4 is 5.91 Å². The van der Waals surface area contributed by atoms with Crippen LogP contribution in [-0.4, -0.2) is 87.5 Å². The number of aliphatic hydroxyl groups is 5. The van der Waals surface area contributed by atoms with Gasteiger partial charge >= 0.3 is 0 Å². The molecule has 1 aliphatic heterocycles. The van der Waals surface area contributed by atoms with Crippen molar-refractivity contribution < 1.29 is 39.8 Å². The minimum absolute atomic E-state index is 0.186. The third-order valence-electron chi connectivity index (χ3n) is 17.7. The second kappa shape index (κ2) is 66.5. The van der Waals surface area contributed by atoms with E-state index in [4.69, 9.17) is 9.47 Å². The highest BCUT2D eigenvalue weighted by molar-refractivity contribution is 5.76. The second-order valence-corrected chi connectivity index (χ2v) is 26.1. The molecule has 1 fully saturated rings. The normalized spacial score (nSPS) is 18.4. The van der Waals surface area contributed by atoms with E-state index in [1.165, 1.54) is 283 Å². The molecule has 7 unspecified atom stereocenters. The molecular weight excluding hydrogens is 1080 g/mol. The Hall–Kier alpha value is -2.37. The first-order valence-electron chi connectivity index (χ1n) is 37.7. The number of carbonyl (C=O) groups is 1. The van der Waals surface area contributed by atoms with Gasteiger partial charge in [-0.25, -0.2) is 0 Å². The van der Waals surface area contributed by atoms with E-state index in [1.807, 2.05) is 6.08 Å². The SMILES string of the molecule is CCCCCCC/C=C\C/C=C\C/C=C\CCCCCCCCCCCCCCCCCCCCCCC(=O)NC(COC1OC(CO)C(O)C(O)C1O)C(O)/C=C/CC/C=C/CC/C=C/CCCCCCCCCCCCCCCCCCCCC. The number of amides is 1. The van der Waals surface area contributed by atoms with E-state index in [1.54, 1.807) is 6.08 Å². The summed E-state index contributed by atoms with van der Waals surface area (Å²) in [6, 6.07) is -0.832. The van der Waals surface area contributed by atoms with Crippen LogP contribution >= 0.6 is 0 Å². The summed E-state index contributed by atoms with van der Waals surface area (Å²) in [5.74, 6) is -0.186. The van der Waals surface area contributed by atoms with Gasteiger partial charge in [-0.2, -0.15) is 0 Å². The highest BCUT2D eigenvalue weighted by Gasteiger charge is 2.44. The first kappa shape index (κ1) is 82.6. The minimum atomic E-state index is -1.58. The van der Waals surface area contributed by atoms with Crippen molar-refractivity contribution in [2.45, 2.75) is 403 Å². The maximum Gasteiger partial charge on any atom is 0.220 e. The molecule has 1 aliphatic rings. The lowest BCUT2D eigenvalue weighted by molar-refractivity contribution is -0.302. The van der Waals surface area contributed by atoms with Crippen molar-refractivity contribution in [3.63, 3.8) is 0 Å². The molecule has 1 heterocycles. The fourth-order valence-corrected chi connectivity index (χ4v) is 11.8. The standard InChI is InChI=1S/C78H143NO8/c1-3-5-7-9-11-13-15-17-19-21-23-25-27-29-31-33-34-35-36-37-38-40-42-44-46-48-50-52-54-56-58-60-62-64-66-68-74(82)79-71(70-86-78-77(85)76(84)75(83)73(69-80)87-78)72(81)67-65-63-61-59-57-55-53-51-49-47-45-43-41-39-32-30-28-26-24-22-20-18-16-14-12-10-8-6-4-2/h15,17,21,23,27,29,49,51,57,59,65,67,71-73,75-78,80-81,83-85H,3-14,16,18-20,22,24-26,28,30-48,50,52-56,58,60-64,66,68-70H2,1-2H3,(H,79,82)/b17-15-,23-21-,29-27-,51-49+,59-57+,67-65+. The average Bonchev–Trinajstić information content (AvgIpc) is 3.47. The van der Waals surface area contributed by atoms with Crippen LogP contribution in [-0.2, 0) is 14.3 Å². The van der Waals surface area contributed by atoms with E-state index in [9.17, 15) is 30.3 Å². The fourth-order valence-electron chi connectivity index (χ4n) is 11.8. The fraction of sp³-hybridized carbons (Fsp3) is 0.833. The van der Waals surface area contributed by atoms with E-state index in [-0.39, 0.29) is 12.5 Å². The third-order valence-corrected chi connectivity index (χ3v) is 17.7. The van der Waals surface area contributed by atoms with E-state index in [0.29, 0.717) is 6.42 Å². The predicted molar refractivity (Wildman–Crippen MR) is 373 cm³/mol. The molecule has 87 heavy (non-hydrogen) atoms. The van der Waals surface area contributed by atoms with Crippen LogP contribution in [0.15, 0.2) is 72.9 Å². The van der Waals surface area contributed by atoms with Gasteiger partial charge in [0.1, 0.15) is 24.4 Å². The molecule has 6 N–H and O–H groups in total. The Morgan fingerprint density at radius 2 is 0.690 bits per heavy atom. The summed E-state index contributed by atoms with van der Waals surface area (Å²) < 4.78 is 11.3. The Morgan fingerprint density at radius 3 is 1.05 bits per heavy atom. The summed E-state index contributed by atoms with van der Waals surface area (Å²) >= 11 is 0. The Morgan fingerprint density at radius 1 is 0.391 bits per heavy atom. The molecule has 9 heteroatoms. The van der Waals surface area contributed by atoms with Gasteiger partial charge in [-0.15, -0.1) is 0 Å². The summed E-state index contributed by atoms with van der Waals surface area (Å²) in [5.41, 5.74) is 0. The van der Waals surface area contributed by atoms with Crippen LogP contribution in [0.3, 0.4) is 0 Å². The van der Waals surface area contributed by atoms with Crippen molar-refractivity contribution in [3.05, 3.63) is 72.9 Å². The maximum absolute atomic E-state index is 13.1. The summed E-state index contributed by atoms with van der Waals surface area (Å²) in [6.45, 7) is 3.79. The molecule has 0 aliphatic carbocycles. The Kier molecular flexibility index (Phi) is 63.2. The summed E-state index contributed by atoms with van der Waals surface area (Å²) in [5, 5.41) is 54.8. The molecule has 1 amide bonds. The van der Waals surface area contributed by atoms with Gasteiger partial charge in [0.25, 0.3) is 0 Å². The molecule has 0 bridgehead atoms. The lowest BCUT2D eigenvalue weighted by Crippen LogP contribution is -2.60. The number of nitrogens with one attached hydrogen (secondary N) is 1. The van der Waals surface area contributed by atoms with Crippen LogP contribution in [0.5, 0.6) is 0 Å². The molecule has 0 aromatic heterocycles. The Balaban J connectivity index is 2.12. The van der Waals surface area contributed by atoms with E-state index < -0.39 is 49.5 Å². The van der Waals surface area contributed by atoms with Crippen molar-refractivity contribution in [2.24, 2.45) is 0 Å². The molecule has 0 spiro atoms. The molecule has 0 aromatic carbocycles. The molecule has 7 atom stereocenters. The van der Waals surface area contributed by atoms with E-state index in [2.05, 4.69) is 79.9 Å².